The molecule has 1 N–H and O–H groups in total. The summed E-state index contributed by atoms with van der Waals surface area (Å²) in [6.45, 7) is 6.75. The van der Waals surface area contributed by atoms with Crippen LogP contribution in [0.1, 0.15) is 24.2 Å². The molecule has 152 valence electrons. The fourth-order valence-corrected chi connectivity index (χ4v) is 3.69. The predicted molar refractivity (Wildman–Crippen MR) is 107 cm³/mol. The predicted octanol–water partition coefficient (Wildman–Crippen LogP) is 0.903. The van der Waals surface area contributed by atoms with Gasteiger partial charge in [0.15, 0.2) is 5.82 Å². The Morgan fingerprint density at radius 2 is 2.07 bits per heavy atom. The maximum absolute atomic E-state index is 12.7. The zero-order chi connectivity index (χ0) is 20.2. The van der Waals surface area contributed by atoms with Crippen molar-refractivity contribution in [3.63, 3.8) is 0 Å². The number of amides is 1. The van der Waals surface area contributed by atoms with Crippen LogP contribution in [0.3, 0.4) is 0 Å². The van der Waals surface area contributed by atoms with Crippen LogP contribution in [0.15, 0.2) is 31.1 Å². The Balaban J connectivity index is 1.35. The highest BCUT2D eigenvalue weighted by Crippen LogP contribution is 2.22. The summed E-state index contributed by atoms with van der Waals surface area (Å²) in [6, 6.07) is 3.91. The molecule has 0 radical (unpaired) electrons. The lowest BCUT2D eigenvalue weighted by molar-refractivity contribution is -0.125. The van der Waals surface area contributed by atoms with E-state index >= 15 is 0 Å². The number of anilines is 1. The first-order valence-corrected chi connectivity index (χ1v) is 9.81. The summed E-state index contributed by atoms with van der Waals surface area (Å²) in [6.07, 6.45) is 6.41. The van der Waals surface area contributed by atoms with Gasteiger partial charge >= 0.3 is 0 Å². The first-order chi connectivity index (χ1) is 14.1. The van der Waals surface area contributed by atoms with E-state index in [1.165, 1.54) is 12.7 Å². The van der Waals surface area contributed by atoms with Crippen LogP contribution in [0, 0.1) is 19.8 Å². The molecular weight excluding hydrogens is 370 g/mol. The second-order valence-corrected chi connectivity index (χ2v) is 7.30. The van der Waals surface area contributed by atoms with Gasteiger partial charge in [0.25, 0.3) is 0 Å². The summed E-state index contributed by atoms with van der Waals surface area (Å²) < 4.78 is 3.52. The second kappa shape index (κ2) is 8.38. The van der Waals surface area contributed by atoms with Crippen molar-refractivity contribution in [2.75, 3.05) is 24.5 Å². The van der Waals surface area contributed by atoms with Crippen molar-refractivity contribution in [2.24, 2.45) is 5.92 Å². The number of nitrogens with one attached hydrogen (secondary N) is 1. The standard InChI is InChI=1S/C19H25N9O/c1-14-8-15(2)27(25-14)7-5-21-19(29)16-4-3-6-26(10-16)17-9-18(23-12-22-17)28-13-20-11-24-28/h8-9,11-13,16H,3-7,10H2,1-2H3,(H,21,29). The Morgan fingerprint density at radius 1 is 1.21 bits per heavy atom. The molecule has 10 nitrogen and oxygen atoms in total. The summed E-state index contributed by atoms with van der Waals surface area (Å²) in [5, 5.41) is 11.6. The fourth-order valence-electron chi connectivity index (χ4n) is 3.69. The molecule has 0 aromatic carbocycles. The minimum absolute atomic E-state index is 0.0611. The molecule has 4 heterocycles. The van der Waals surface area contributed by atoms with Crippen LogP contribution in [0.25, 0.3) is 5.82 Å². The molecule has 3 aromatic rings. The van der Waals surface area contributed by atoms with E-state index in [1.807, 2.05) is 30.7 Å². The lowest BCUT2D eigenvalue weighted by atomic mass is 9.97. The highest BCUT2D eigenvalue weighted by molar-refractivity contribution is 5.79. The van der Waals surface area contributed by atoms with E-state index in [0.717, 1.165) is 36.6 Å². The second-order valence-electron chi connectivity index (χ2n) is 7.30. The van der Waals surface area contributed by atoms with Crippen LogP contribution in [0.5, 0.6) is 0 Å². The molecule has 0 aliphatic carbocycles. The number of piperidine rings is 1. The molecule has 4 rings (SSSR count). The van der Waals surface area contributed by atoms with Gasteiger partial charge in [0, 0.05) is 31.4 Å². The fraction of sp³-hybridized carbons (Fsp3) is 0.474. The third-order valence-corrected chi connectivity index (χ3v) is 5.13. The van der Waals surface area contributed by atoms with E-state index in [0.29, 0.717) is 25.5 Å². The number of aryl methyl sites for hydroxylation is 2. The highest BCUT2D eigenvalue weighted by atomic mass is 16.1. The Labute approximate surface area is 169 Å². The zero-order valence-corrected chi connectivity index (χ0v) is 16.7. The van der Waals surface area contributed by atoms with Gasteiger partial charge in [0.2, 0.25) is 5.91 Å². The van der Waals surface area contributed by atoms with Crippen molar-refractivity contribution in [1.29, 1.82) is 0 Å². The largest absolute Gasteiger partial charge is 0.356 e. The molecular formula is C19H25N9O. The van der Waals surface area contributed by atoms with Gasteiger partial charge in [-0.1, -0.05) is 0 Å². The van der Waals surface area contributed by atoms with Crippen LogP contribution >= 0.6 is 0 Å². The van der Waals surface area contributed by atoms with Crippen molar-refractivity contribution in [2.45, 2.75) is 33.2 Å². The average molecular weight is 395 g/mol. The molecule has 0 bridgehead atoms. The van der Waals surface area contributed by atoms with Crippen molar-refractivity contribution in [3.8, 4) is 5.82 Å². The Bertz CT molecular complexity index is 966. The smallest absolute Gasteiger partial charge is 0.224 e. The molecule has 1 unspecified atom stereocenters. The van der Waals surface area contributed by atoms with Crippen LogP contribution in [0.4, 0.5) is 5.82 Å². The van der Waals surface area contributed by atoms with E-state index in [9.17, 15) is 4.79 Å². The lowest BCUT2D eigenvalue weighted by Gasteiger charge is -2.32. The molecule has 1 amide bonds. The van der Waals surface area contributed by atoms with E-state index in [4.69, 9.17) is 0 Å². The van der Waals surface area contributed by atoms with Crippen LogP contribution < -0.4 is 10.2 Å². The Hall–Kier alpha value is -3.30. The number of hydrogen-bond acceptors (Lipinski definition) is 7. The normalized spacial score (nSPS) is 16.8. The topological polar surface area (TPSA) is 107 Å². The van der Waals surface area contributed by atoms with E-state index in [1.54, 1.807) is 11.0 Å². The molecule has 0 saturated carbocycles. The minimum atomic E-state index is -0.0611. The first-order valence-electron chi connectivity index (χ1n) is 9.81. The van der Waals surface area contributed by atoms with E-state index in [2.05, 4.69) is 35.4 Å². The van der Waals surface area contributed by atoms with Gasteiger partial charge in [-0.05, 0) is 32.8 Å². The van der Waals surface area contributed by atoms with Gasteiger partial charge in [0.05, 0.1) is 18.2 Å². The number of rotatable bonds is 6. The summed E-state index contributed by atoms with van der Waals surface area (Å²) in [4.78, 5) is 27.4. The van der Waals surface area contributed by atoms with Gasteiger partial charge in [0.1, 0.15) is 24.8 Å². The molecule has 1 aliphatic heterocycles. The van der Waals surface area contributed by atoms with Crippen molar-refractivity contribution < 1.29 is 4.79 Å². The van der Waals surface area contributed by atoms with E-state index in [-0.39, 0.29) is 11.8 Å². The number of carbonyl (C=O) groups excluding carboxylic acids is 1. The molecule has 1 aliphatic rings. The molecule has 1 fully saturated rings. The first kappa shape index (κ1) is 19.0. The van der Waals surface area contributed by atoms with Gasteiger partial charge in [-0.25, -0.2) is 19.6 Å². The van der Waals surface area contributed by atoms with Gasteiger partial charge < -0.3 is 10.2 Å². The maximum atomic E-state index is 12.7. The van der Waals surface area contributed by atoms with Crippen LogP contribution in [0.2, 0.25) is 0 Å². The molecule has 29 heavy (non-hydrogen) atoms. The quantitative estimate of drug-likeness (QED) is 0.661. The lowest BCUT2D eigenvalue weighted by Crippen LogP contribution is -2.44. The van der Waals surface area contributed by atoms with Gasteiger partial charge in [-0.15, -0.1) is 0 Å². The monoisotopic (exact) mass is 395 g/mol. The molecule has 3 aromatic heterocycles. The minimum Gasteiger partial charge on any atom is -0.356 e. The van der Waals surface area contributed by atoms with Gasteiger partial charge in [-0.3, -0.25) is 9.48 Å². The number of hydrogen-bond donors (Lipinski definition) is 1. The zero-order valence-electron chi connectivity index (χ0n) is 16.7. The summed E-state index contributed by atoms with van der Waals surface area (Å²) >= 11 is 0. The Kier molecular flexibility index (Phi) is 5.50. The third kappa shape index (κ3) is 4.41. The molecule has 0 spiro atoms. The number of carbonyl (C=O) groups is 1. The average Bonchev–Trinajstić information content (AvgIpc) is 3.38. The highest BCUT2D eigenvalue weighted by Gasteiger charge is 2.26. The molecule has 1 atom stereocenters. The number of nitrogens with zero attached hydrogens (tertiary/aromatic N) is 8. The summed E-state index contributed by atoms with van der Waals surface area (Å²) in [5.74, 6) is 1.48. The maximum Gasteiger partial charge on any atom is 0.224 e. The summed E-state index contributed by atoms with van der Waals surface area (Å²) in [5.41, 5.74) is 2.10. The molecule has 10 heteroatoms. The van der Waals surface area contributed by atoms with Crippen LogP contribution in [-0.4, -0.2) is 60.1 Å². The Morgan fingerprint density at radius 3 is 2.83 bits per heavy atom. The third-order valence-electron chi connectivity index (χ3n) is 5.13. The summed E-state index contributed by atoms with van der Waals surface area (Å²) in [7, 11) is 0. The van der Waals surface area contributed by atoms with Crippen molar-refractivity contribution in [1.82, 2.24) is 39.8 Å². The SMILES string of the molecule is Cc1cc(C)n(CCNC(=O)C2CCCN(c3cc(-n4cncn4)ncn3)C2)n1. The van der Waals surface area contributed by atoms with Crippen LogP contribution in [-0.2, 0) is 11.3 Å². The number of aromatic nitrogens is 7. The van der Waals surface area contributed by atoms with Crippen molar-refractivity contribution in [3.05, 3.63) is 42.5 Å². The van der Waals surface area contributed by atoms with Gasteiger partial charge in [-0.2, -0.15) is 10.2 Å². The van der Waals surface area contributed by atoms with E-state index < -0.39 is 0 Å². The van der Waals surface area contributed by atoms with Crippen molar-refractivity contribution >= 4 is 11.7 Å². The molecule has 1 saturated heterocycles.